The number of aromatic nitrogens is 5. The molecule has 2 aromatic heterocycles. The Balaban J connectivity index is 1.95. The highest BCUT2D eigenvalue weighted by atomic mass is 16.6. The highest BCUT2D eigenvalue weighted by Crippen LogP contribution is 2.22. The van der Waals surface area contributed by atoms with Crippen LogP contribution in [0.25, 0.3) is 5.82 Å². The van der Waals surface area contributed by atoms with Gasteiger partial charge in [-0.15, -0.1) is 5.10 Å². The minimum Gasteiger partial charge on any atom is -0.461 e. The first-order valence-corrected chi connectivity index (χ1v) is 8.02. The second-order valence-electron chi connectivity index (χ2n) is 5.97. The molecular weight excluding hydrogens is 314 g/mol. The van der Waals surface area contributed by atoms with Crippen LogP contribution >= 0.6 is 0 Å². The summed E-state index contributed by atoms with van der Waals surface area (Å²) in [6.45, 7) is 6.61. The number of piperidine rings is 1. The Morgan fingerprint density at radius 1 is 1.46 bits per heavy atom. The summed E-state index contributed by atoms with van der Waals surface area (Å²) in [5.41, 5.74) is 6.49. The number of carbonyl (C=O) groups is 1. The average Bonchev–Trinajstić information content (AvgIpc) is 3.13. The van der Waals surface area contributed by atoms with E-state index in [2.05, 4.69) is 37.1 Å². The number of hydrogen-bond donors (Lipinski definition) is 1. The number of rotatable bonds is 5. The summed E-state index contributed by atoms with van der Waals surface area (Å²) in [6, 6.07) is 0. The zero-order chi connectivity index (χ0) is 17.1. The molecule has 2 aromatic rings. The SMILES string of the molecule is CCOC(=O)c1nnn(-c2nonc2N)c1CN1CCC[C@H](C)C1. The van der Waals surface area contributed by atoms with Crippen molar-refractivity contribution in [3.8, 4) is 5.82 Å². The standard InChI is InChI=1S/C14H21N7O3/c1-3-23-14(22)11-10(8-20-6-4-5-9(2)7-20)21(19-16-11)13-12(15)17-24-18-13/h9H,3-8H2,1-2H3,(H2,15,17)/t9-/m0/s1. The van der Waals surface area contributed by atoms with Gasteiger partial charge in [0.15, 0.2) is 5.69 Å². The molecule has 130 valence electrons. The average molecular weight is 335 g/mol. The molecule has 10 heteroatoms. The molecule has 1 saturated heterocycles. The number of anilines is 1. The van der Waals surface area contributed by atoms with Crippen LogP contribution < -0.4 is 5.73 Å². The van der Waals surface area contributed by atoms with E-state index in [0.717, 1.165) is 19.5 Å². The molecule has 1 aliphatic heterocycles. The van der Waals surface area contributed by atoms with Crippen molar-refractivity contribution < 1.29 is 14.2 Å². The van der Waals surface area contributed by atoms with E-state index >= 15 is 0 Å². The van der Waals surface area contributed by atoms with Crippen LogP contribution in [-0.2, 0) is 11.3 Å². The number of carbonyl (C=O) groups excluding carboxylic acids is 1. The number of hydrogen-bond acceptors (Lipinski definition) is 9. The van der Waals surface area contributed by atoms with E-state index in [1.165, 1.54) is 11.1 Å². The first kappa shape index (κ1) is 16.4. The molecule has 0 amide bonds. The van der Waals surface area contributed by atoms with E-state index < -0.39 is 5.97 Å². The van der Waals surface area contributed by atoms with Crippen LogP contribution in [0, 0.1) is 5.92 Å². The lowest BCUT2D eigenvalue weighted by molar-refractivity contribution is 0.0516. The van der Waals surface area contributed by atoms with Crippen LogP contribution in [0.1, 0.15) is 42.9 Å². The van der Waals surface area contributed by atoms with E-state index in [1.807, 2.05) is 0 Å². The van der Waals surface area contributed by atoms with E-state index in [9.17, 15) is 4.79 Å². The fourth-order valence-electron chi connectivity index (χ4n) is 2.95. The number of ether oxygens (including phenoxy) is 1. The van der Waals surface area contributed by atoms with Crippen LogP contribution in [-0.4, -0.2) is 55.9 Å². The Labute approximate surface area is 138 Å². The minimum atomic E-state index is -0.515. The molecule has 3 rings (SSSR count). The maximum absolute atomic E-state index is 12.2. The molecule has 2 N–H and O–H groups in total. The highest BCUT2D eigenvalue weighted by Gasteiger charge is 2.27. The molecule has 0 unspecified atom stereocenters. The molecule has 0 aromatic carbocycles. The topological polar surface area (TPSA) is 125 Å². The summed E-state index contributed by atoms with van der Waals surface area (Å²) in [5.74, 6) is 0.397. The molecule has 24 heavy (non-hydrogen) atoms. The first-order chi connectivity index (χ1) is 11.6. The van der Waals surface area contributed by atoms with Gasteiger partial charge in [-0.25, -0.2) is 9.42 Å². The number of nitrogens with zero attached hydrogens (tertiary/aromatic N) is 6. The number of nitrogen functional groups attached to an aromatic ring is 1. The molecule has 0 aliphatic carbocycles. The zero-order valence-corrected chi connectivity index (χ0v) is 13.8. The summed E-state index contributed by atoms with van der Waals surface area (Å²) < 4.78 is 11.1. The van der Waals surface area contributed by atoms with Gasteiger partial charge in [0.2, 0.25) is 11.6 Å². The highest BCUT2D eigenvalue weighted by molar-refractivity contribution is 5.88. The molecule has 10 nitrogen and oxygen atoms in total. The van der Waals surface area contributed by atoms with Gasteiger partial charge in [-0.1, -0.05) is 12.1 Å². The van der Waals surface area contributed by atoms with Gasteiger partial charge in [0, 0.05) is 13.1 Å². The molecule has 0 radical (unpaired) electrons. The van der Waals surface area contributed by atoms with Crippen molar-refractivity contribution in [1.29, 1.82) is 0 Å². The number of likely N-dealkylation sites (tertiary alicyclic amines) is 1. The van der Waals surface area contributed by atoms with Crippen molar-refractivity contribution in [1.82, 2.24) is 30.2 Å². The van der Waals surface area contributed by atoms with Gasteiger partial charge in [0.25, 0.3) is 0 Å². The monoisotopic (exact) mass is 335 g/mol. The van der Waals surface area contributed by atoms with Crippen molar-refractivity contribution >= 4 is 11.8 Å². The zero-order valence-electron chi connectivity index (χ0n) is 13.8. The van der Waals surface area contributed by atoms with Crippen molar-refractivity contribution in [2.45, 2.75) is 33.2 Å². The normalized spacial score (nSPS) is 18.7. The van der Waals surface area contributed by atoms with Gasteiger partial charge in [0.1, 0.15) is 0 Å². The Kier molecular flexibility index (Phi) is 4.74. The third-order valence-electron chi connectivity index (χ3n) is 4.04. The largest absolute Gasteiger partial charge is 0.461 e. The molecule has 0 spiro atoms. The summed E-state index contributed by atoms with van der Waals surface area (Å²) in [6.07, 6.45) is 2.32. The Bertz CT molecular complexity index is 711. The summed E-state index contributed by atoms with van der Waals surface area (Å²) >= 11 is 0. The van der Waals surface area contributed by atoms with Crippen molar-refractivity contribution in [2.24, 2.45) is 5.92 Å². The maximum atomic E-state index is 12.2. The fourth-order valence-corrected chi connectivity index (χ4v) is 2.95. The minimum absolute atomic E-state index is 0.0866. The van der Waals surface area contributed by atoms with Crippen LogP contribution in [0.3, 0.4) is 0 Å². The summed E-state index contributed by atoms with van der Waals surface area (Å²) in [5, 5.41) is 15.3. The Hall–Kier alpha value is -2.49. The smallest absolute Gasteiger partial charge is 0.360 e. The third kappa shape index (κ3) is 3.23. The van der Waals surface area contributed by atoms with E-state index in [0.29, 0.717) is 18.2 Å². The van der Waals surface area contributed by atoms with Crippen LogP contribution in [0.5, 0.6) is 0 Å². The van der Waals surface area contributed by atoms with E-state index in [4.69, 9.17) is 10.5 Å². The first-order valence-electron chi connectivity index (χ1n) is 8.02. The summed E-state index contributed by atoms with van der Waals surface area (Å²) in [7, 11) is 0. The Morgan fingerprint density at radius 2 is 2.29 bits per heavy atom. The molecule has 1 aliphatic rings. The van der Waals surface area contributed by atoms with Gasteiger partial charge in [0.05, 0.1) is 12.3 Å². The third-order valence-corrected chi connectivity index (χ3v) is 4.04. The predicted molar refractivity (Wildman–Crippen MR) is 83.3 cm³/mol. The molecular formula is C14H21N7O3. The van der Waals surface area contributed by atoms with Crippen LogP contribution in [0.2, 0.25) is 0 Å². The van der Waals surface area contributed by atoms with Crippen molar-refractivity contribution in [3.63, 3.8) is 0 Å². The lowest BCUT2D eigenvalue weighted by Crippen LogP contribution is -2.35. The maximum Gasteiger partial charge on any atom is 0.360 e. The van der Waals surface area contributed by atoms with Crippen LogP contribution in [0.4, 0.5) is 5.82 Å². The molecule has 0 saturated carbocycles. The van der Waals surface area contributed by atoms with Crippen LogP contribution in [0.15, 0.2) is 4.63 Å². The van der Waals surface area contributed by atoms with E-state index in [-0.39, 0.29) is 23.9 Å². The van der Waals surface area contributed by atoms with Crippen molar-refractivity contribution in [3.05, 3.63) is 11.4 Å². The molecule has 0 bridgehead atoms. The quantitative estimate of drug-likeness (QED) is 0.783. The van der Waals surface area contributed by atoms with Gasteiger partial charge in [-0.3, -0.25) is 4.90 Å². The van der Waals surface area contributed by atoms with Gasteiger partial charge < -0.3 is 10.5 Å². The molecule has 3 heterocycles. The fraction of sp³-hybridized carbons (Fsp3) is 0.643. The second kappa shape index (κ2) is 6.95. The van der Waals surface area contributed by atoms with Gasteiger partial charge >= 0.3 is 5.97 Å². The van der Waals surface area contributed by atoms with Gasteiger partial charge in [-0.2, -0.15) is 4.68 Å². The number of esters is 1. The molecule has 1 atom stereocenters. The lowest BCUT2D eigenvalue weighted by Gasteiger charge is -2.30. The number of nitrogens with two attached hydrogens (primary N) is 1. The predicted octanol–water partition coefficient (Wildman–Crippen LogP) is 0.641. The van der Waals surface area contributed by atoms with Gasteiger partial charge in [-0.05, 0) is 42.5 Å². The Morgan fingerprint density at radius 3 is 2.96 bits per heavy atom. The van der Waals surface area contributed by atoms with Crippen molar-refractivity contribution in [2.75, 3.05) is 25.4 Å². The summed E-state index contributed by atoms with van der Waals surface area (Å²) in [4.78, 5) is 14.5. The lowest BCUT2D eigenvalue weighted by atomic mass is 10.00. The second-order valence-corrected chi connectivity index (χ2v) is 5.97. The molecule has 1 fully saturated rings. The van der Waals surface area contributed by atoms with E-state index in [1.54, 1.807) is 6.92 Å².